The largest absolute Gasteiger partial charge is 0.488 e. The zero-order valence-corrected chi connectivity index (χ0v) is 17.8. The molecular formula is C24H19ClN2O2S. The summed E-state index contributed by atoms with van der Waals surface area (Å²) in [6, 6.07) is 23.2. The molecule has 1 N–H and O–H groups in total. The first-order valence-electron chi connectivity index (χ1n) is 9.40. The van der Waals surface area contributed by atoms with Crippen LogP contribution in [0.15, 0.2) is 82.7 Å². The van der Waals surface area contributed by atoms with Crippen LogP contribution >= 0.6 is 23.4 Å². The van der Waals surface area contributed by atoms with E-state index in [0.29, 0.717) is 27.4 Å². The first kappa shape index (κ1) is 20.3. The maximum absolute atomic E-state index is 12.4. The highest BCUT2D eigenvalue weighted by Crippen LogP contribution is 2.31. The number of halogens is 1. The number of aliphatic imine (C=N–C) groups is 1. The molecule has 150 valence electrons. The maximum Gasteiger partial charge on any atom is 0.264 e. The van der Waals surface area contributed by atoms with E-state index >= 15 is 0 Å². The zero-order valence-electron chi connectivity index (χ0n) is 16.3. The average molecular weight is 435 g/mol. The molecule has 3 aromatic rings. The number of para-hydroxylation sites is 1. The maximum atomic E-state index is 12.4. The first-order chi connectivity index (χ1) is 14.6. The molecule has 1 fully saturated rings. The number of hydrogen-bond acceptors (Lipinski definition) is 4. The molecule has 1 heterocycles. The zero-order chi connectivity index (χ0) is 20.9. The topological polar surface area (TPSA) is 50.7 Å². The second kappa shape index (κ2) is 9.20. The van der Waals surface area contributed by atoms with Crippen LogP contribution < -0.4 is 10.1 Å². The van der Waals surface area contributed by atoms with Gasteiger partial charge in [-0.2, -0.15) is 0 Å². The number of rotatable bonds is 5. The van der Waals surface area contributed by atoms with Crippen LogP contribution in [0, 0.1) is 6.92 Å². The van der Waals surface area contributed by atoms with E-state index in [-0.39, 0.29) is 5.91 Å². The molecule has 0 aliphatic carbocycles. The van der Waals surface area contributed by atoms with Crippen molar-refractivity contribution in [2.75, 3.05) is 0 Å². The second-order valence-corrected chi connectivity index (χ2v) is 8.17. The second-order valence-electron chi connectivity index (χ2n) is 6.73. The third-order valence-electron chi connectivity index (χ3n) is 4.48. The predicted octanol–water partition coefficient (Wildman–Crippen LogP) is 6.12. The Hall–Kier alpha value is -3.02. The average Bonchev–Trinajstić information content (AvgIpc) is 3.09. The number of amidine groups is 1. The predicted molar refractivity (Wildman–Crippen MR) is 124 cm³/mol. The molecule has 0 saturated carbocycles. The summed E-state index contributed by atoms with van der Waals surface area (Å²) >= 11 is 7.46. The van der Waals surface area contributed by atoms with E-state index < -0.39 is 0 Å². The van der Waals surface area contributed by atoms with Gasteiger partial charge in [-0.25, -0.2) is 4.99 Å². The molecule has 3 aromatic carbocycles. The fraction of sp³-hybridized carbons (Fsp3) is 0.0833. The van der Waals surface area contributed by atoms with Crippen molar-refractivity contribution in [3.8, 4) is 5.75 Å². The molecule has 6 heteroatoms. The van der Waals surface area contributed by atoms with Crippen molar-refractivity contribution in [1.82, 2.24) is 5.32 Å². The van der Waals surface area contributed by atoms with Crippen LogP contribution in [0.2, 0.25) is 5.02 Å². The van der Waals surface area contributed by atoms with Gasteiger partial charge >= 0.3 is 0 Å². The molecule has 4 nitrogen and oxygen atoms in total. The lowest BCUT2D eigenvalue weighted by atomic mass is 10.2. The molecule has 1 aliphatic heterocycles. The molecule has 0 aromatic heterocycles. The number of carbonyl (C=O) groups is 1. The molecular weight excluding hydrogens is 416 g/mol. The molecule has 1 saturated heterocycles. The number of aryl methyl sites for hydroxylation is 1. The Morgan fingerprint density at radius 2 is 1.83 bits per heavy atom. The normalized spacial score (nSPS) is 16.1. The van der Waals surface area contributed by atoms with Crippen molar-refractivity contribution in [2.45, 2.75) is 13.5 Å². The van der Waals surface area contributed by atoms with E-state index in [2.05, 4.69) is 10.3 Å². The highest BCUT2D eigenvalue weighted by molar-refractivity contribution is 8.18. The van der Waals surface area contributed by atoms with Gasteiger partial charge in [0.05, 0.1) is 10.6 Å². The Balaban J connectivity index is 1.53. The Morgan fingerprint density at radius 1 is 1.07 bits per heavy atom. The summed E-state index contributed by atoms with van der Waals surface area (Å²) in [5, 5.41) is 3.97. The van der Waals surface area contributed by atoms with Gasteiger partial charge < -0.3 is 10.1 Å². The quantitative estimate of drug-likeness (QED) is 0.492. The molecule has 30 heavy (non-hydrogen) atoms. The van der Waals surface area contributed by atoms with Gasteiger partial charge in [0.2, 0.25) is 0 Å². The Kier molecular flexibility index (Phi) is 6.21. The highest BCUT2D eigenvalue weighted by Gasteiger charge is 2.24. The van der Waals surface area contributed by atoms with Gasteiger partial charge in [-0.3, -0.25) is 4.79 Å². The van der Waals surface area contributed by atoms with Crippen LogP contribution in [-0.2, 0) is 11.4 Å². The Bertz CT molecular complexity index is 1140. The number of amides is 1. The smallest absolute Gasteiger partial charge is 0.264 e. The van der Waals surface area contributed by atoms with Crippen molar-refractivity contribution in [3.05, 3.63) is 99.4 Å². The summed E-state index contributed by atoms with van der Waals surface area (Å²) in [6.45, 7) is 2.39. The van der Waals surface area contributed by atoms with E-state index in [1.807, 2.05) is 79.7 Å². The Morgan fingerprint density at radius 3 is 2.63 bits per heavy atom. The standard InChI is InChI=1S/C24H19ClN2O2S/c1-16-11-12-19(14-20(16)25)26-24-27-23(28)22(30-24)13-18-9-5-6-10-21(18)29-15-17-7-3-2-4-8-17/h2-14H,15H2,1H3,(H,26,27,28)/b22-13-. The van der Waals surface area contributed by atoms with Crippen LogP contribution in [-0.4, -0.2) is 11.1 Å². The van der Waals surface area contributed by atoms with Crippen molar-refractivity contribution < 1.29 is 9.53 Å². The van der Waals surface area contributed by atoms with Gasteiger partial charge in [0, 0.05) is 10.6 Å². The fourth-order valence-corrected chi connectivity index (χ4v) is 3.86. The number of ether oxygens (including phenoxy) is 1. The lowest BCUT2D eigenvalue weighted by Gasteiger charge is -2.09. The van der Waals surface area contributed by atoms with E-state index in [9.17, 15) is 4.79 Å². The van der Waals surface area contributed by atoms with Crippen LogP contribution in [0.1, 0.15) is 16.7 Å². The van der Waals surface area contributed by atoms with E-state index in [1.165, 1.54) is 11.8 Å². The highest BCUT2D eigenvalue weighted by atomic mass is 35.5. The minimum Gasteiger partial charge on any atom is -0.488 e. The third-order valence-corrected chi connectivity index (χ3v) is 5.80. The third kappa shape index (κ3) is 4.93. The number of nitrogens with one attached hydrogen (secondary N) is 1. The van der Waals surface area contributed by atoms with Crippen LogP contribution in [0.4, 0.5) is 5.69 Å². The summed E-state index contributed by atoms with van der Waals surface area (Å²) in [7, 11) is 0. The molecule has 1 amide bonds. The molecule has 0 atom stereocenters. The molecule has 0 spiro atoms. The van der Waals surface area contributed by atoms with Crippen LogP contribution in [0.3, 0.4) is 0 Å². The number of nitrogens with zero attached hydrogens (tertiary/aromatic N) is 1. The van der Waals surface area contributed by atoms with Gasteiger partial charge in [0.15, 0.2) is 5.17 Å². The number of thioether (sulfide) groups is 1. The summed E-state index contributed by atoms with van der Waals surface area (Å²) in [5.41, 5.74) is 3.60. The van der Waals surface area contributed by atoms with E-state index in [0.717, 1.165) is 22.4 Å². The molecule has 0 radical (unpaired) electrons. The summed E-state index contributed by atoms with van der Waals surface area (Å²) in [4.78, 5) is 17.5. The summed E-state index contributed by atoms with van der Waals surface area (Å²) in [6.07, 6.45) is 1.82. The van der Waals surface area contributed by atoms with Gasteiger partial charge in [0.1, 0.15) is 12.4 Å². The molecule has 0 unspecified atom stereocenters. The van der Waals surface area contributed by atoms with Gasteiger partial charge in [-0.15, -0.1) is 0 Å². The number of hydrogen-bond donors (Lipinski definition) is 1. The summed E-state index contributed by atoms with van der Waals surface area (Å²) in [5.74, 6) is 0.535. The lowest BCUT2D eigenvalue weighted by molar-refractivity contribution is -0.115. The van der Waals surface area contributed by atoms with Crippen LogP contribution in [0.25, 0.3) is 6.08 Å². The lowest BCUT2D eigenvalue weighted by Crippen LogP contribution is -2.19. The summed E-state index contributed by atoms with van der Waals surface area (Å²) < 4.78 is 5.99. The number of carbonyl (C=O) groups excluding carboxylic acids is 1. The minimum atomic E-state index is -0.185. The molecule has 0 bridgehead atoms. The van der Waals surface area contributed by atoms with Crippen molar-refractivity contribution in [1.29, 1.82) is 0 Å². The van der Waals surface area contributed by atoms with Crippen LogP contribution in [0.5, 0.6) is 5.75 Å². The fourth-order valence-electron chi connectivity index (χ4n) is 2.86. The van der Waals surface area contributed by atoms with Crippen molar-refractivity contribution in [3.63, 3.8) is 0 Å². The van der Waals surface area contributed by atoms with Crippen molar-refractivity contribution >= 4 is 46.2 Å². The van der Waals surface area contributed by atoms with Gasteiger partial charge in [-0.05, 0) is 54.1 Å². The SMILES string of the molecule is Cc1ccc(N=C2NC(=O)/C(=C/c3ccccc3OCc3ccccc3)S2)cc1Cl. The van der Waals surface area contributed by atoms with Gasteiger partial charge in [0.25, 0.3) is 5.91 Å². The van der Waals surface area contributed by atoms with E-state index in [4.69, 9.17) is 16.3 Å². The molecule has 4 rings (SSSR count). The minimum absolute atomic E-state index is 0.185. The van der Waals surface area contributed by atoms with E-state index in [1.54, 1.807) is 6.07 Å². The van der Waals surface area contributed by atoms with Gasteiger partial charge in [-0.1, -0.05) is 66.2 Å². The first-order valence-corrected chi connectivity index (χ1v) is 10.6. The monoisotopic (exact) mass is 434 g/mol. The Labute approximate surface area is 184 Å². The number of benzene rings is 3. The van der Waals surface area contributed by atoms with Crippen molar-refractivity contribution in [2.24, 2.45) is 4.99 Å². The molecule has 1 aliphatic rings.